The first-order valence-corrected chi connectivity index (χ1v) is 9.75. The van der Waals surface area contributed by atoms with Crippen LogP contribution in [0.3, 0.4) is 0 Å². The maximum absolute atomic E-state index is 12.5. The van der Waals surface area contributed by atoms with Crippen molar-refractivity contribution in [1.82, 2.24) is 4.90 Å². The largest absolute Gasteiger partial charge is 0.495 e. The van der Waals surface area contributed by atoms with Crippen LogP contribution < -0.4 is 5.46 Å². The van der Waals surface area contributed by atoms with Crippen LogP contribution in [-0.2, 0) is 27.0 Å². The molecule has 0 N–H and O–H groups in total. The molecule has 0 atom stereocenters. The molecule has 6 heteroatoms. The number of carbonyl (C=O) groups excluding carboxylic acids is 1. The molecule has 1 fully saturated rings. The molecular formula is C21H32BNO4. The summed E-state index contributed by atoms with van der Waals surface area (Å²) in [5.41, 5.74) is 3.40. The number of ether oxygens (including phenoxy) is 1. The third-order valence-electron chi connectivity index (χ3n) is 5.76. The quantitative estimate of drug-likeness (QED) is 0.706. The van der Waals surface area contributed by atoms with Crippen molar-refractivity contribution in [3.05, 3.63) is 28.8 Å². The van der Waals surface area contributed by atoms with Gasteiger partial charge in [0.1, 0.15) is 5.60 Å². The third kappa shape index (κ3) is 4.02. The molecule has 0 unspecified atom stereocenters. The second kappa shape index (κ2) is 6.52. The van der Waals surface area contributed by atoms with Crippen molar-refractivity contribution in [1.29, 1.82) is 0 Å². The molecule has 148 valence electrons. The van der Waals surface area contributed by atoms with E-state index in [1.165, 1.54) is 5.56 Å². The van der Waals surface area contributed by atoms with Crippen molar-refractivity contribution in [3.8, 4) is 0 Å². The lowest BCUT2D eigenvalue weighted by Crippen LogP contribution is -2.41. The van der Waals surface area contributed by atoms with Gasteiger partial charge in [-0.05, 0) is 78.4 Å². The topological polar surface area (TPSA) is 48.0 Å². The van der Waals surface area contributed by atoms with Gasteiger partial charge >= 0.3 is 13.2 Å². The molecule has 5 nitrogen and oxygen atoms in total. The predicted octanol–water partition coefficient (Wildman–Crippen LogP) is 3.59. The summed E-state index contributed by atoms with van der Waals surface area (Å²) in [5.74, 6) is 0. The summed E-state index contributed by atoms with van der Waals surface area (Å²) in [5, 5.41) is 0. The highest BCUT2D eigenvalue weighted by Gasteiger charge is 2.52. The highest BCUT2D eigenvalue weighted by atomic mass is 16.7. The van der Waals surface area contributed by atoms with Crippen LogP contribution in [0.25, 0.3) is 0 Å². The second-order valence-electron chi connectivity index (χ2n) is 9.72. The van der Waals surface area contributed by atoms with Gasteiger partial charge in [-0.3, -0.25) is 0 Å². The summed E-state index contributed by atoms with van der Waals surface area (Å²) in [7, 11) is -0.391. The van der Waals surface area contributed by atoms with E-state index in [1.54, 1.807) is 4.90 Å². The number of hydrogen-bond donors (Lipinski definition) is 0. The number of fused-ring (bicyclic) bond motifs is 1. The minimum Gasteiger partial charge on any atom is -0.444 e. The molecule has 0 aromatic heterocycles. The van der Waals surface area contributed by atoms with Gasteiger partial charge in [0.05, 0.1) is 11.2 Å². The van der Waals surface area contributed by atoms with E-state index in [-0.39, 0.29) is 17.3 Å². The molecule has 2 aliphatic heterocycles. The monoisotopic (exact) mass is 373 g/mol. The smallest absolute Gasteiger partial charge is 0.444 e. The Labute approximate surface area is 163 Å². The first-order valence-electron chi connectivity index (χ1n) is 9.75. The molecule has 2 aliphatic rings. The number of nitrogens with zero attached hydrogens (tertiary/aromatic N) is 1. The first kappa shape index (κ1) is 20.2. The van der Waals surface area contributed by atoms with Crippen LogP contribution in [0.15, 0.2) is 12.1 Å². The molecule has 2 heterocycles. The van der Waals surface area contributed by atoms with Crippen LogP contribution in [0, 0.1) is 6.92 Å². The average Bonchev–Trinajstić information content (AvgIpc) is 2.72. The van der Waals surface area contributed by atoms with E-state index in [0.29, 0.717) is 13.1 Å². The summed E-state index contributed by atoms with van der Waals surface area (Å²) in [6, 6.07) is 4.35. The van der Waals surface area contributed by atoms with Crippen LogP contribution in [0.1, 0.15) is 65.2 Å². The Balaban J connectivity index is 1.84. The van der Waals surface area contributed by atoms with Gasteiger partial charge in [0, 0.05) is 13.1 Å². The van der Waals surface area contributed by atoms with Crippen molar-refractivity contribution in [2.24, 2.45) is 0 Å². The zero-order chi connectivity index (χ0) is 20.2. The van der Waals surface area contributed by atoms with E-state index in [0.717, 1.165) is 23.0 Å². The van der Waals surface area contributed by atoms with Gasteiger partial charge in [0.15, 0.2) is 0 Å². The molecule has 1 aromatic carbocycles. The minimum absolute atomic E-state index is 0.258. The lowest BCUT2D eigenvalue weighted by Gasteiger charge is -2.32. The van der Waals surface area contributed by atoms with Gasteiger partial charge in [-0.2, -0.15) is 0 Å². The average molecular weight is 373 g/mol. The Bertz CT molecular complexity index is 735. The van der Waals surface area contributed by atoms with E-state index in [2.05, 4.69) is 46.8 Å². The van der Waals surface area contributed by atoms with Crippen LogP contribution in [-0.4, -0.2) is 41.5 Å². The Morgan fingerprint density at radius 1 is 1.11 bits per heavy atom. The van der Waals surface area contributed by atoms with Crippen molar-refractivity contribution >= 4 is 18.7 Å². The summed E-state index contributed by atoms with van der Waals surface area (Å²) in [4.78, 5) is 14.2. The standard InChI is InChI=1S/C21H32BNO4/c1-14-11-15-9-10-23(18(24)25-19(2,3)4)13-16(15)12-17(14)22-26-20(5,6)21(7,8)27-22/h11-12H,9-10,13H2,1-8H3. The Hall–Kier alpha value is -1.53. The molecule has 1 amide bonds. The number of hydrogen-bond acceptors (Lipinski definition) is 4. The van der Waals surface area contributed by atoms with Gasteiger partial charge < -0.3 is 18.9 Å². The first-order chi connectivity index (χ1) is 12.3. The zero-order valence-corrected chi connectivity index (χ0v) is 17.9. The van der Waals surface area contributed by atoms with E-state index < -0.39 is 12.7 Å². The number of carbonyl (C=O) groups is 1. The maximum atomic E-state index is 12.5. The summed E-state index contributed by atoms with van der Waals surface area (Å²) < 4.78 is 18.0. The number of rotatable bonds is 1. The molecule has 27 heavy (non-hydrogen) atoms. The van der Waals surface area contributed by atoms with Gasteiger partial charge in [-0.15, -0.1) is 0 Å². The van der Waals surface area contributed by atoms with Crippen LogP contribution in [0.5, 0.6) is 0 Å². The predicted molar refractivity (Wildman–Crippen MR) is 107 cm³/mol. The molecule has 0 spiro atoms. The maximum Gasteiger partial charge on any atom is 0.495 e. The molecule has 3 rings (SSSR count). The summed E-state index contributed by atoms with van der Waals surface area (Å²) in [6.45, 7) is 17.2. The molecular weight excluding hydrogens is 341 g/mol. The molecule has 1 aromatic rings. The lowest BCUT2D eigenvalue weighted by molar-refractivity contribution is 0.00578. The molecule has 0 saturated carbocycles. The highest BCUT2D eigenvalue weighted by molar-refractivity contribution is 6.62. The van der Waals surface area contributed by atoms with Crippen LogP contribution in [0.2, 0.25) is 0 Å². The Morgan fingerprint density at radius 2 is 1.70 bits per heavy atom. The fourth-order valence-corrected chi connectivity index (χ4v) is 3.46. The van der Waals surface area contributed by atoms with E-state index in [4.69, 9.17) is 14.0 Å². The Kier molecular flexibility index (Phi) is 4.88. The highest BCUT2D eigenvalue weighted by Crippen LogP contribution is 2.37. The fourth-order valence-electron chi connectivity index (χ4n) is 3.46. The van der Waals surface area contributed by atoms with Gasteiger partial charge in [0.2, 0.25) is 0 Å². The fraction of sp³-hybridized carbons (Fsp3) is 0.667. The van der Waals surface area contributed by atoms with Gasteiger partial charge in [-0.25, -0.2) is 4.79 Å². The van der Waals surface area contributed by atoms with Crippen molar-refractivity contribution < 1.29 is 18.8 Å². The lowest BCUT2D eigenvalue weighted by atomic mass is 9.74. The Morgan fingerprint density at radius 3 is 2.26 bits per heavy atom. The van der Waals surface area contributed by atoms with Gasteiger partial charge in [-0.1, -0.05) is 17.7 Å². The van der Waals surface area contributed by atoms with Crippen molar-refractivity contribution in [3.63, 3.8) is 0 Å². The van der Waals surface area contributed by atoms with E-state index in [9.17, 15) is 4.79 Å². The van der Waals surface area contributed by atoms with E-state index in [1.807, 2.05) is 20.8 Å². The zero-order valence-electron chi connectivity index (χ0n) is 17.9. The molecule has 0 aliphatic carbocycles. The normalized spacial score (nSPS) is 21.2. The van der Waals surface area contributed by atoms with Crippen LogP contribution >= 0.6 is 0 Å². The minimum atomic E-state index is -0.488. The molecule has 1 saturated heterocycles. The molecule has 0 radical (unpaired) electrons. The van der Waals surface area contributed by atoms with Crippen molar-refractivity contribution in [2.75, 3.05) is 6.54 Å². The SMILES string of the molecule is Cc1cc2c(cc1B1OC(C)(C)C(C)(C)O1)CN(C(=O)OC(C)(C)C)CC2. The second-order valence-corrected chi connectivity index (χ2v) is 9.72. The van der Waals surface area contributed by atoms with Crippen molar-refractivity contribution in [2.45, 2.75) is 85.2 Å². The third-order valence-corrected chi connectivity index (χ3v) is 5.76. The van der Waals surface area contributed by atoms with Crippen LogP contribution in [0.4, 0.5) is 4.79 Å². The number of benzene rings is 1. The summed E-state index contributed by atoms with van der Waals surface area (Å²) in [6.07, 6.45) is 0.574. The summed E-state index contributed by atoms with van der Waals surface area (Å²) >= 11 is 0. The molecule has 0 bridgehead atoms. The van der Waals surface area contributed by atoms with Gasteiger partial charge in [0.25, 0.3) is 0 Å². The number of amides is 1. The van der Waals surface area contributed by atoms with E-state index >= 15 is 0 Å². The number of aryl methyl sites for hydroxylation is 1.